The van der Waals surface area contributed by atoms with Crippen LogP contribution in [0, 0.1) is 0 Å². The number of nitrogens with one attached hydrogen (secondary N) is 2. The van der Waals surface area contributed by atoms with Crippen LogP contribution in [0.3, 0.4) is 0 Å². The van der Waals surface area contributed by atoms with E-state index in [2.05, 4.69) is 10.6 Å². The largest absolute Gasteiger partial charge is 0.376 e. The highest BCUT2D eigenvalue weighted by Gasteiger charge is 2.22. The van der Waals surface area contributed by atoms with Gasteiger partial charge in [0, 0.05) is 38.0 Å². The van der Waals surface area contributed by atoms with Crippen molar-refractivity contribution in [2.24, 2.45) is 0 Å². The Morgan fingerprint density at radius 3 is 2.80 bits per heavy atom. The molecule has 2 heterocycles. The first-order chi connectivity index (χ1) is 12.0. The minimum Gasteiger partial charge on any atom is -0.376 e. The fourth-order valence-corrected chi connectivity index (χ4v) is 3.26. The summed E-state index contributed by atoms with van der Waals surface area (Å²) >= 11 is 0. The number of hydrogen-bond donors (Lipinski definition) is 2. The van der Waals surface area contributed by atoms with Crippen LogP contribution in [0.15, 0.2) is 18.2 Å². The van der Waals surface area contributed by atoms with Crippen LogP contribution in [-0.2, 0) is 25.5 Å². The average molecular weight is 345 g/mol. The maximum absolute atomic E-state index is 12.1. The Morgan fingerprint density at radius 1 is 1.24 bits per heavy atom. The first kappa shape index (κ1) is 17.4. The van der Waals surface area contributed by atoms with E-state index in [1.807, 2.05) is 6.07 Å². The number of aryl methyl sites for hydroxylation is 1. The van der Waals surface area contributed by atoms with E-state index in [4.69, 9.17) is 4.74 Å². The van der Waals surface area contributed by atoms with Crippen LogP contribution in [-0.4, -0.2) is 43.5 Å². The average Bonchev–Trinajstić information content (AvgIpc) is 3.12. The Morgan fingerprint density at radius 2 is 2.08 bits per heavy atom. The Hall–Kier alpha value is -2.41. The fraction of sp³-hybridized carbons (Fsp3) is 0.500. The predicted octanol–water partition coefficient (Wildman–Crippen LogP) is 1.22. The van der Waals surface area contributed by atoms with Crippen molar-refractivity contribution in [2.75, 3.05) is 29.9 Å². The number of amides is 3. The molecule has 0 spiro atoms. The third-order valence-corrected chi connectivity index (χ3v) is 4.56. The van der Waals surface area contributed by atoms with Gasteiger partial charge in [-0.2, -0.15) is 0 Å². The van der Waals surface area contributed by atoms with Gasteiger partial charge in [-0.15, -0.1) is 0 Å². The zero-order valence-electron chi connectivity index (χ0n) is 14.3. The van der Waals surface area contributed by atoms with E-state index >= 15 is 0 Å². The minimum absolute atomic E-state index is 0.00961. The molecular weight excluding hydrogens is 322 g/mol. The number of anilines is 2. The summed E-state index contributed by atoms with van der Waals surface area (Å²) in [6.45, 7) is 3.24. The monoisotopic (exact) mass is 345 g/mol. The van der Waals surface area contributed by atoms with Gasteiger partial charge in [-0.05, 0) is 43.4 Å². The van der Waals surface area contributed by atoms with Crippen molar-refractivity contribution >= 4 is 29.1 Å². The lowest BCUT2D eigenvalue weighted by molar-refractivity contribution is -0.136. The van der Waals surface area contributed by atoms with Crippen molar-refractivity contribution in [1.82, 2.24) is 5.32 Å². The standard InChI is InChI=1S/C18H23N3O4/c1-12(22)21-8-2-4-13-6-7-14(10-16(13)21)20-18(24)17(23)19-11-15-5-3-9-25-15/h6-7,10,15H,2-5,8-9,11H2,1H3,(H,19,23)(H,20,24)/t15-/m0/s1. The lowest BCUT2D eigenvalue weighted by Crippen LogP contribution is -2.39. The van der Waals surface area contributed by atoms with Crippen molar-refractivity contribution in [2.45, 2.75) is 38.7 Å². The van der Waals surface area contributed by atoms with E-state index in [-0.39, 0.29) is 12.0 Å². The smallest absolute Gasteiger partial charge is 0.313 e. The number of fused-ring (bicyclic) bond motifs is 1. The molecule has 2 aliphatic heterocycles. The normalized spacial score (nSPS) is 19.2. The van der Waals surface area contributed by atoms with E-state index in [1.54, 1.807) is 17.0 Å². The van der Waals surface area contributed by atoms with Crippen LogP contribution < -0.4 is 15.5 Å². The van der Waals surface area contributed by atoms with Crippen LogP contribution in [0.4, 0.5) is 11.4 Å². The second kappa shape index (κ2) is 7.65. The maximum atomic E-state index is 12.1. The van der Waals surface area contributed by atoms with Crippen molar-refractivity contribution in [3.63, 3.8) is 0 Å². The molecule has 7 heteroatoms. The number of benzene rings is 1. The topological polar surface area (TPSA) is 87.7 Å². The quantitative estimate of drug-likeness (QED) is 0.807. The molecule has 0 saturated carbocycles. The Balaban J connectivity index is 1.62. The molecule has 1 fully saturated rings. The van der Waals surface area contributed by atoms with Crippen LogP contribution in [0.5, 0.6) is 0 Å². The number of carbonyl (C=O) groups excluding carboxylic acids is 3. The molecule has 0 aliphatic carbocycles. The molecule has 1 aromatic carbocycles. The van der Waals surface area contributed by atoms with E-state index in [0.717, 1.165) is 36.9 Å². The summed E-state index contributed by atoms with van der Waals surface area (Å²) in [5.41, 5.74) is 2.38. The highest BCUT2D eigenvalue weighted by molar-refractivity contribution is 6.39. The van der Waals surface area contributed by atoms with Gasteiger partial charge in [0.25, 0.3) is 0 Å². The lowest BCUT2D eigenvalue weighted by Gasteiger charge is -2.29. The molecule has 1 aromatic rings. The fourth-order valence-electron chi connectivity index (χ4n) is 3.26. The second-order valence-electron chi connectivity index (χ2n) is 6.42. The molecule has 2 N–H and O–H groups in total. The summed E-state index contributed by atoms with van der Waals surface area (Å²) in [5, 5.41) is 5.19. The zero-order valence-corrected chi connectivity index (χ0v) is 14.3. The molecule has 0 bridgehead atoms. The molecule has 0 unspecified atom stereocenters. The van der Waals surface area contributed by atoms with Crippen LogP contribution in [0.1, 0.15) is 31.7 Å². The number of nitrogens with zero attached hydrogens (tertiary/aromatic N) is 1. The van der Waals surface area contributed by atoms with E-state index in [9.17, 15) is 14.4 Å². The van der Waals surface area contributed by atoms with Crippen LogP contribution in [0.2, 0.25) is 0 Å². The molecule has 3 amide bonds. The Kier molecular flexibility index (Phi) is 5.33. The van der Waals surface area contributed by atoms with Gasteiger partial charge < -0.3 is 20.3 Å². The van der Waals surface area contributed by atoms with Gasteiger partial charge in [0.1, 0.15) is 0 Å². The van der Waals surface area contributed by atoms with Gasteiger partial charge >= 0.3 is 11.8 Å². The molecule has 0 aromatic heterocycles. The van der Waals surface area contributed by atoms with Gasteiger partial charge in [-0.1, -0.05) is 6.07 Å². The Bertz CT molecular complexity index is 683. The van der Waals surface area contributed by atoms with Crippen molar-refractivity contribution < 1.29 is 19.1 Å². The molecule has 0 radical (unpaired) electrons. The number of hydrogen-bond acceptors (Lipinski definition) is 4. The summed E-state index contributed by atoms with van der Waals surface area (Å²) in [6.07, 6.45) is 3.69. The van der Waals surface area contributed by atoms with E-state index < -0.39 is 11.8 Å². The molecule has 7 nitrogen and oxygen atoms in total. The summed E-state index contributed by atoms with van der Waals surface area (Å²) in [7, 11) is 0. The number of ether oxygens (including phenoxy) is 1. The van der Waals surface area contributed by atoms with Gasteiger partial charge in [-0.3, -0.25) is 14.4 Å². The van der Waals surface area contributed by atoms with Crippen molar-refractivity contribution in [3.8, 4) is 0 Å². The molecule has 2 aliphatic rings. The van der Waals surface area contributed by atoms with Gasteiger partial charge in [-0.25, -0.2) is 0 Å². The SMILES string of the molecule is CC(=O)N1CCCc2ccc(NC(=O)C(=O)NC[C@@H]3CCCO3)cc21. The third-order valence-electron chi connectivity index (χ3n) is 4.56. The highest BCUT2D eigenvalue weighted by atomic mass is 16.5. The first-order valence-electron chi connectivity index (χ1n) is 8.66. The highest BCUT2D eigenvalue weighted by Crippen LogP contribution is 2.30. The molecule has 25 heavy (non-hydrogen) atoms. The Labute approximate surface area is 146 Å². The lowest BCUT2D eigenvalue weighted by atomic mass is 10.0. The van der Waals surface area contributed by atoms with Gasteiger partial charge in [0.15, 0.2) is 0 Å². The molecular formula is C18H23N3O4. The molecule has 3 rings (SSSR count). The molecule has 1 atom stereocenters. The first-order valence-corrected chi connectivity index (χ1v) is 8.66. The van der Waals surface area contributed by atoms with Crippen LogP contribution in [0.25, 0.3) is 0 Å². The van der Waals surface area contributed by atoms with Gasteiger partial charge in [0.2, 0.25) is 5.91 Å². The number of carbonyl (C=O) groups is 3. The van der Waals surface area contributed by atoms with Crippen molar-refractivity contribution in [1.29, 1.82) is 0 Å². The van der Waals surface area contributed by atoms with Crippen LogP contribution >= 0.6 is 0 Å². The minimum atomic E-state index is -0.719. The zero-order chi connectivity index (χ0) is 17.8. The summed E-state index contributed by atoms with van der Waals surface area (Å²) < 4.78 is 5.41. The summed E-state index contributed by atoms with van der Waals surface area (Å²) in [4.78, 5) is 37.5. The number of rotatable bonds is 3. The van der Waals surface area contributed by atoms with Crippen molar-refractivity contribution in [3.05, 3.63) is 23.8 Å². The van der Waals surface area contributed by atoms with E-state index in [0.29, 0.717) is 25.4 Å². The van der Waals surface area contributed by atoms with E-state index in [1.165, 1.54) is 6.92 Å². The third kappa shape index (κ3) is 4.17. The maximum Gasteiger partial charge on any atom is 0.313 e. The second-order valence-corrected chi connectivity index (χ2v) is 6.42. The van der Waals surface area contributed by atoms with Gasteiger partial charge in [0.05, 0.1) is 6.10 Å². The molecule has 1 saturated heterocycles. The molecule has 134 valence electrons. The summed E-state index contributed by atoms with van der Waals surface area (Å²) in [6, 6.07) is 5.40. The summed E-state index contributed by atoms with van der Waals surface area (Å²) in [5.74, 6) is -1.43. The predicted molar refractivity (Wildman–Crippen MR) is 93.4 cm³/mol.